The maximum atomic E-state index is 5.73. The highest BCUT2D eigenvalue weighted by molar-refractivity contribution is 6.28. The van der Waals surface area contributed by atoms with Crippen LogP contribution in [0.1, 0.15) is 5.69 Å². The Labute approximate surface area is 109 Å². The molecule has 0 amide bonds. The van der Waals surface area contributed by atoms with Gasteiger partial charge in [0.05, 0.1) is 11.2 Å². The van der Waals surface area contributed by atoms with Crippen molar-refractivity contribution < 1.29 is 4.84 Å². The summed E-state index contributed by atoms with van der Waals surface area (Å²) in [6.45, 7) is 1.97. The number of para-hydroxylation sites is 1. The van der Waals surface area contributed by atoms with Crippen molar-refractivity contribution in [3.63, 3.8) is 0 Å². The minimum Gasteiger partial charge on any atom is -0.354 e. The van der Waals surface area contributed by atoms with Gasteiger partial charge in [-0.1, -0.05) is 18.2 Å². The summed E-state index contributed by atoms with van der Waals surface area (Å²) in [5.74, 6) is 0.416. The average Bonchev–Trinajstić information content (AvgIpc) is 2.66. The number of halogens is 1. The van der Waals surface area contributed by atoms with Crippen molar-refractivity contribution in [3.05, 3.63) is 53.6 Å². The average molecular weight is 260 g/mol. The van der Waals surface area contributed by atoms with Crippen LogP contribution in [0.3, 0.4) is 0 Å². The maximum absolute atomic E-state index is 5.73. The van der Waals surface area contributed by atoms with E-state index in [1.54, 1.807) is 17.0 Å². The molecule has 0 spiro atoms. The molecular formula is C13H10ClN3O. The van der Waals surface area contributed by atoms with Crippen molar-refractivity contribution in [3.8, 4) is 5.88 Å². The summed E-state index contributed by atoms with van der Waals surface area (Å²) in [5, 5.41) is 1.29. The second-order valence-corrected chi connectivity index (χ2v) is 4.23. The van der Waals surface area contributed by atoms with Crippen LogP contribution < -0.4 is 4.84 Å². The highest BCUT2D eigenvalue weighted by atomic mass is 35.5. The van der Waals surface area contributed by atoms with Gasteiger partial charge in [0, 0.05) is 17.6 Å². The third-order valence-electron chi connectivity index (χ3n) is 2.63. The third kappa shape index (κ3) is 1.91. The zero-order valence-corrected chi connectivity index (χ0v) is 10.4. The lowest BCUT2D eigenvalue weighted by Gasteiger charge is -2.08. The Hall–Kier alpha value is -2.07. The standard InChI is InChI=1S/C13H10ClN3O/c1-9-8-10-4-2-3-5-11(10)17(9)18-12-6-7-15-13(14)16-12/h2-8H,1H3. The largest absolute Gasteiger partial charge is 0.354 e. The molecule has 18 heavy (non-hydrogen) atoms. The van der Waals surface area contributed by atoms with Gasteiger partial charge >= 0.3 is 0 Å². The van der Waals surface area contributed by atoms with Crippen LogP contribution >= 0.6 is 11.6 Å². The van der Waals surface area contributed by atoms with E-state index in [1.807, 2.05) is 31.2 Å². The Morgan fingerprint density at radius 2 is 2.06 bits per heavy atom. The number of nitrogens with zero attached hydrogens (tertiary/aromatic N) is 3. The van der Waals surface area contributed by atoms with Crippen LogP contribution in [-0.2, 0) is 0 Å². The molecule has 0 aliphatic rings. The summed E-state index contributed by atoms with van der Waals surface area (Å²) in [5.41, 5.74) is 1.98. The molecule has 0 aliphatic heterocycles. The van der Waals surface area contributed by atoms with Crippen molar-refractivity contribution in [2.75, 3.05) is 0 Å². The van der Waals surface area contributed by atoms with Crippen molar-refractivity contribution in [1.82, 2.24) is 14.7 Å². The van der Waals surface area contributed by atoms with Gasteiger partial charge in [0.2, 0.25) is 5.28 Å². The lowest BCUT2D eigenvalue weighted by molar-refractivity contribution is 0.212. The Bertz CT molecular complexity index is 708. The van der Waals surface area contributed by atoms with E-state index in [0.29, 0.717) is 5.88 Å². The summed E-state index contributed by atoms with van der Waals surface area (Å²) >= 11 is 5.73. The smallest absolute Gasteiger partial charge is 0.250 e. The van der Waals surface area contributed by atoms with Gasteiger partial charge in [0.15, 0.2) is 0 Å². The first-order chi connectivity index (χ1) is 8.74. The molecule has 0 atom stereocenters. The zero-order valence-electron chi connectivity index (χ0n) is 9.67. The van der Waals surface area contributed by atoms with Crippen molar-refractivity contribution >= 4 is 22.5 Å². The summed E-state index contributed by atoms with van der Waals surface area (Å²) in [4.78, 5) is 13.6. The van der Waals surface area contributed by atoms with E-state index in [-0.39, 0.29) is 5.28 Å². The van der Waals surface area contributed by atoms with E-state index in [9.17, 15) is 0 Å². The molecule has 3 rings (SSSR count). The number of hydrogen-bond donors (Lipinski definition) is 0. The van der Waals surface area contributed by atoms with Gasteiger partial charge in [-0.15, -0.1) is 0 Å². The van der Waals surface area contributed by atoms with Gasteiger partial charge < -0.3 is 4.84 Å². The van der Waals surface area contributed by atoms with E-state index in [1.165, 1.54) is 0 Å². The quantitative estimate of drug-likeness (QED) is 0.664. The summed E-state index contributed by atoms with van der Waals surface area (Å²) in [7, 11) is 0. The Kier molecular flexibility index (Phi) is 2.64. The van der Waals surface area contributed by atoms with Gasteiger partial charge in [0.1, 0.15) is 0 Å². The van der Waals surface area contributed by atoms with Crippen molar-refractivity contribution in [2.45, 2.75) is 6.92 Å². The predicted octanol–water partition coefficient (Wildman–Crippen LogP) is 3.24. The number of rotatable bonds is 2. The van der Waals surface area contributed by atoms with E-state index in [2.05, 4.69) is 16.0 Å². The summed E-state index contributed by atoms with van der Waals surface area (Å²) in [6, 6.07) is 11.7. The second-order valence-electron chi connectivity index (χ2n) is 3.89. The molecule has 5 heteroatoms. The minimum atomic E-state index is 0.168. The van der Waals surface area contributed by atoms with E-state index in [4.69, 9.17) is 16.4 Å². The van der Waals surface area contributed by atoms with E-state index < -0.39 is 0 Å². The van der Waals surface area contributed by atoms with E-state index >= 15 is 0 Å². The predicted molar refractivity (Wildman–Crippen MR) is 69.7 cm³/mol. The van der Waals surface area contributed by atoms with Crippen molar-refractivity contribution in [1.29, 1.82) is 0 Å². The fraction of sp³-hybridized carbons (Fsp3) is 0.0769. The monoisotopic (exact) mass is 259 g/mol. The summed E-state index contributed by atoms with van der Waals surface area (Å²) < 4.78 is 1.73. The highest BCUT2D eigenvalue weighted by Gasteiger charge is 2.07. The SMILES string of the molecule is Cc1cc2ccccc2n1Oc1ccnc(Cl)n1. The second kappa shape index (κ2) is 4.31. The molecular weight excluding hydrogens is 250 g/mol. The molecule has 90 valence electrons. The lowest BCUT2D eigenvalue weighted by atomic mass is 10.2. The molecule has 0 radical (unpaired) electrons. The number of fused-ring (bicyclic) bond motifs is 1. The van der Waals surface area contributed by atoms with Gasteiger partial charge in [-0.05, 0) is 30.7 Å². The van der Waals surface area contributed by atoms with Gasteiger partial charge in [-0.2, -0.15) is 9.71 Å². The maximum Gasteiger partial charge on any atom is 0.250 e. The first-order valence-electron chi connectivity index (χ1n) is 5.48. The fourth-order valence-corrected chi connectivity index (χ4v) is 1.99. The van der Waals surface area contributed by atoms with Gasteiger partial charge in [0.25, 0.3) is 5.88 Å². The first-order valence-corrected chi connectivity index (χ1v) is 5.86. The van der Waals surface area contributed by atoms with Gasteiger partial charge in [-0.25, -0.2) is 4.98 Å². The number of aryl methyl sites for hydroxylation is 1. The molecule has 0 fully saturated rings. The van der Waals surface area contributed by atoms with Gasteiger partial charge in [-0.3, -0.25) is 0 Å². The number of hydrogen-bond acceptors (Lipinski definition) is 3. The normalized spacial score (nSPS) is 10.8. The van der Waals surface area contributed by atoms with E-state index in [0.717, 1.165) is 16.6 Å². The Morgan fingerprint density at radius 3 is 2.89 bits per heavy atom. The lowest BCUT2D eigenvalue weighted by Crippen LogP contribution is -2.07. The third-order valence-corrected chi connectivity index (χ3v) is 2.81. The van der Waals surface area contributed by atoms with Crippen LogP contribution in [0.15, 0.2) is 42.6 Å². The first kappa shape index (κ1) is 11.0. The Balaban J connectivity index is 2.07. The molecule has 2 aromatic heterocycles. The molecule has 4 nitrogen and oxygen atoms in total. The topological polar surface area (TPSA) is 39.9 Å². The molecule has 0 saturated heterocycles. The van der Waals surface area contributed by atoms with Crippen LogP contribution in [0.5, 0.6) is 5.88 Å². The zero-order chi connectivity index (χ0) is 12.5. The molecule has 0 N–H and O–H groups in total. The minimum absolute atomic E-state index is 0.168. The molecule has 0 aliphatic carbocycles. The fourth-order valence-electron chi connectivity index (χ4n) is 1.85. The number of aromatic nitrogens is 3. The molecule has 3 aromatic rings. The molecule has 0 unspecified atom stereocenters. The molecule has 0 bridgehead atoms. The number of benzene rings is 1. The highest BCUT2D eigenvalue weighted by Crippen LogP contribution is 2.20. The van der Waals surface area contributed by atoms with Crippen LogP contribution in [0.25, 0.3) is 10.9 Å². The Morgan fingerprint density at radius 1 is 1.22 bits per heavy atom. The molecule has 0 saturated carbocycles. The van der Waals surface area contributed by atoms with Crippen LogP contribution in [0.2, 0.25) is 5.28 Å². The van der Waals surface area contributed by atoms with Crippen LogP contribution in [0, 0.1) is 6.92 Å². The van der Waals surface area contributed by atoms with Crippen LogP contribution in [0.4, 0.5) is 0 Å². The van der Waals surface area contributed by atoms with Crippen LogP contribution in [-0.4, -0.2) is 14.7 Å². The molecule has 2 heterocycles. The van der Waals surface area contributed by atoms with Crippen molar-refractivity contribution in [2.24, 2.45) is 0 Å². The molecule has 1 aromatic carbocycles. The summed E-state index contributed by atoms with van der Waals surface area (Å²) in [6.07, 6.45) is 1.56.